The molecule has 156 valence electrons. The van der Waals surface area contributed by atoms with E-state index in [0.29, 0.717) is 37.2 Å². The number of piperidine rings is 1. The van der Waals surface area contributed by atoms with E-state index in [4.69, 9.17) is 9.47 Å². The molecule has 1 aliphatic carbocycles. The number of hydrogen-bond acceptors (Lipinski definition) is 6. The number of aliphatic carboxylic acids is 1. The fourth-order valence-corrected chi connectivity index (χ4v) is 4.41. The number of likely N-dealkylation sites (tertiary alicyclic amines) is 1. The van der Waals surface area contributed by atoms with Crippen LogP contribution in [-0.2, 0) is 14.3 Å². The molecule has 0 bridgehead atoms. The number of carbonyl (C=O) groups excluding carboxylic acids is 3. The standard InChI is InChI=1S/C21H26N2O6/c1-28-16-7-5-15(6-8-16)19(25)23-17(20(26)27)13-29-21(23)9-11-22(12-10-21)18(24)14-3-2-4-14/h5-8,14,17H,2-4,9-13H2,1H3,(H,26,27)/p-1/t17-/m1/s1. The van der Waals surface area contributed by atoms with Crippen molar-refractivity contribution < 1.29 is 29.0 Å². The first-order valence-electron chi connectivity index (χ1n) is 10.1. The third kappa shape index (κ3) is 3.46. The molecule has 0 aromatic heterocycles. The van der Waals surface area contributed by atoms with E-state index in [1.165, 1.54) is 12.0 Å². The van der Waals surface area contributed by atoms with Crippen molar-refractivity contribution in [2.24, 2.45) is 5.92 Å². The normalized spacial score (nSPS) is 23.7. The zero-order valence-corrected chi connectivity index (χ0v) is 16.5. The highest BCUT2D eigenvalue weighted by atomic mass is 16.5. The molecule has 1 spiro atoms. The van der Waals surface area contributed by atoms with Gasteiger partial charge in [0.15, 0.2) is 0 Å². The van der Waals surface area contributed by atoms with Gasteiger partial charge >= 0.3 is 0 Å². The second-order valence-electron chi connectivity index (χ2n) is 7.95. The number of methoxy groups -OCH3 is 1. The summed E-state index contributed by atoms with van der Waals surface area (Å²) in [7, 11) is 1.53. The molecule has 3 aliphatic rings. The van der Waals surface area contributed by atoms with Crippen molar-refractivity contribution in [3.8, 4) is 5.75 Å². The number of ether oxygens (including phenoxy) is 2. The number of benzene rings is 1. The summed E-state index contributed by atoms with van der Waals surface area (Å²) in [5.74, 6) is -0.877. The molecule has 8 heteroatoms. The number of nitrogens with zero attached hydrogens (tertiary/aromatic N) is 2. The third-order valence-electron chi connectivity index (χ3n) is 6.40. The summed E-state index contributed by atoms with van der Waals surface area (Å²) in [6.45, 7) is 0.782. The summed E-state index contributed by atoms with van der Waals surface area (Å²) in [4.78, 5) is 40.6. The zero-order valence-electron chi connectivity index (χ0n) is 16.5. The monoisotopic (exact) mass is 401 g/mol. The predicted octanol–water partition coefficient (Wildman–Crippen LogP) is 0.405. The minimum Gasteiger partial charge on any atom is -0.548 e. The average Bonchev–Trinajstić information content (AvgIpc) is 3.05. The lowest BCUT2D eigenvalue weighted by atomic mass is 9.83. The Morgan fingerprint density at radius 1 is 1.14 bits per heavy atom. The van der Waals surface area contributed by atoms with Gasteiger partial charge in [-0.1, -0.05) is 6.42 Å². The second-order valence-corrected chi connectivity index (χ2v) is 7.95. The number of carboxylic acids is 1. The number of carboxylic acid groups (broad SMARTS) is 1. The van der Waals surface area contributed by atoms with Gasteiger partial charge < -0.3 is 24.3 Å². The van der Waals surface area contributed by atoms with E-state index in [2.05, 4.69) is 0 Å². The van der Waals surface area contributed by atoms with Crippen molar-refractivity contribution in [1.29, 1.82) is 0 Å². The van der Waals surface area contributed by atoms with Gasteiger partial charge in [0, 0.05) is 37.4 Å². The van der Waals surface area contributed by atoms with Gasteiger partial charge in [-0.3, -0.25) is 14.5 Å². The number of rotatable bonds is 4. The molecular formula is C21H25N2O6-. The predicted molar refractivity (Wildman–Crippen MR) is 99.8 cm³/mol. The minimum atomic E-state index is -1.34. The minimum absolute atomic E-state index is 0.110. The van der Waals surface area contributed by atoms with E-state index in [1.54, 1.807) is 24.3 Å². The van der Waals surface area contributed by atoms with Crippen LogP contribution < -0.4 is 9.84 Å². The molecule has 8 nitrogen and oxygen atoms in total. The van der Waals surface area contributed by atoms with Crippen molar-refractivity contribution in [3.05, 3.63) is 29.8 Å². The van der Waals surface area contributed by atoms with E-state index < -0.39 is 23.6 Å². The van der Waals surface area contributed by atoms with Crippen LogP contribution >= 0.6 is 0 Å². The molecule has 2 aliphatic heterocycles. The van der Waals surface area contributed by atoms with Gasteiger partial charge in [-0.05, 0) is 37.1 Å². The molecule has 0 N–H and O–H groups in total. The molecule has 2 saturated heterocycles. The maximum atomic E-state index is 13.2. The molecular weight excluding hydrogens is 376 g/mol. The Labute approximate surface area is 169 Å². The van der Waals surface area contributed by atoms with Gasteiger partial charge in [0.25, 0.3) is 5.91 Å². The van der Waals surface area contributed by atoms with Gasteiger partial charge in [0.1, 0.15) is 11.5 Å². The first-order chi connectivity index (χ1) is 13.9. The van der Waals surface area contributed by atoms with Crippen molar-refractivity contribution in [3.63, 3.8) is 0 Å². The Morgan fingerprint density at radius 3 is 2.31 bits per heavy atom. The van der Waals surface area contributed by atoms with Gasteiger partial charge in [-0.25, -0.2) is 0 Å². The molecule has 1 aromatic carbocycles. The fraction of sp³-hybridized carbons (Fsp3) is 0.571. The summed E-state index contributed by atoms with van der Waals surface area (Å²) in [5, 5.41) is 11.7. The lowest BCUT2D eigenvalue weighted by molar-refractivity contribution is -0.310. The Kier molecular flexibility index (Phi) is 5.21. The fourth-order valence-electron chi connectivity index (χ4n) is 4.41. The molecule has 0 radical (unpaired) electrons. The van der Waals surface area contributed by atoms with E-state index in [-0.39, 0.29) is 18.4 Å². The quantitative estimate of drug-likeness (QED) is 0.724. The van der Waals surface area contributed by atoms with Gasteiger partial charge in [0.2, 0.25) is 5.91 Å². The number of carbonyl (C=O) groups is 3. The van der Waals surface area contributed by atoms with Gasteiger partial charge in [0.05, 0.1) is 25.7 Å². The molecule has 3 fully saturated rings. The third-order valence-corrected chi connectivity index (χ3v) is 6.40. The highest BCUT2D eigenvalue weighted by Gasteiger charge is 2.52. The molecule has 4 rings (SSSR count). The highest BCUT2D eigenvalue weighted by Crippen LogP contribution is 2.39. The van der Waals surface area contributed by atoms with E-state index >= 15 is 0 Å². The first-order valence-corrected chi connectivity index (χ1v) is 10.1. The average molecular weight is 401 g/mol. The van der Waals surface area contributed by atoms with E-state index in [0.717, 1.165) is 19.3 Å². The van der Waals surface area contributed by atoms with Crippen molar-refractivity contribution >= 4 is 17.8 Å². The molecule has 2 heterocycles. The van der Waals surface area contributed by atoms with Crippen molar-refractivity contribution in [2.75, 3.05) is 26.8 Å². The molecule has 1 aromatic rings. The largest absolute Gasteiger partial charge is 0.548 e. The van der Waals surface area contributed by atoms with Crippen LogP contribution in [0, 0.1) is 5.92 Å². The zero-order chi connectivity index (χ0) is 20.6. The van der Waals surface area contributed by atoms with Crippen LogP contribution in [0.15, 0.2) is 24.3 Å². The lowest BCUT2D eigenvalue weighted by Crippen LogP contribution is -2.60. The molecule has 29 heavy (non-hydrogen) atoms. The number of amides is 2. The number of hydrogen-bond donors (Lipinski definition) is 0. The van der Waals surface area contributed by atoms with E-state index in [9.17, 15) is 19.5 Å². The lowest BCUT2D eigenvalue weighted by Gasteiger charge is -2.46. The summed E-state index contributed by atoms with van der Waals surface area (Å²) >= 11 is 0. The molecule has 1 saturated carbocycles. The first kappa shape index (κ1) is 19.7. The Morgan fingerprint density at radius 2 is 1.79 bits per heavy atom. The van der Waals surface area contributed by atoms with Crippen LogP contribution in [0.2, 0.25) is 0 Å². The molecule has 0 unspecified atom stereocenters. The summed E-state index contributed by atoms with van der Waals surface area (Å²) < 4.78 is 11.0. The Balaban J connectivity index is 1.54. The van der Waals surface area contributed by atoms with Crippen LogP contribution in [0.4, 0.5) is 0 Å². The SMILES string of the molecule is COc1ccc(C(=O)N2[C@@H](C(=O)[O-])COC23CCN(C(=O)C2CCC2)CC3)cc1. The van der Waals surface area contributed by atoms with Crippen LogP contribution in [0.3, 0.4) is 0 Å². The van der Waals surface area contributed by atoms with E-state index in [1.807, 2.05) is 4.90 Å². The maximum Gasteiger partial charge on any atom is 0.256 e. The van der Waals surface area contributed by atoms with Crippen LogP contribution in [0.1, 0.15) is 42.5 Å². The van der Waals surface area contributed by atoms with Crippen LogP contribution in [0.25, 0.3) is 0 Å². The summed E-state index contributed by atoms with van der Waals surface area (Å²) in [5.41, 5.74) is -0.673. The topological polar surface area (TPSA) is 99.2 Å². The van der Waals surface area contributed by atoms with Gasteiger partial charge in [-0.2, -0.15) is 0 Å². The van der Waals surface area contributed by atoms with Crippen LogP contribution in [-0.4, -0.2) is 66.2 Å². The van der Waals surface area contributed by atoms with Crippen molar-refractivity contribution in [1.82, 2.24) is 9.80 Å². The van der Waals surface area contributed by atoms with Crippen molar-refractivity contribution in [2.45, 2.75) is 43.9 Å². The highest BCUT2D eigenvalue weighted by molar-refractivity contribution is 5.97. The maximum absolute atomic E-state index is 13.2. The molecule has 1 atom stereocenters. The Bertz CT molecular complexity index is 796. The smallest absolute Gasteiger partial charge is 0.256 e. The van der Waals surface area contributed by atoms with Gasteiger partial charge in [-0.15, -0.1) is 0 Å². The molecule has 2 amide bonds. The van der Waals surface area contributed by atoms with Crippen LogP contribution in [0.5, 0.6) is 5.75 Å². The summed E-state index contributed by atoms with van der Waals surface area (Å²) in [6.07, 6.45) is 3.74. The second kappa shape index (κ2) is 7.67. The summed E-state index contributed by atoms with van der Waals surface area (Å²) in [6, 6.07) is 5.37. The Hall–Kier alpha value is -2.61.